The normalized spacial score (nSPS) is 16.8. The van der Waals surface area contributed by atoms with Gasteiger partial charge in [0.2, 0.25) is 0 Å². The van der Waals surface area contributed by atoms with Crippen LogP contribution in [0.2, 0.25) is 0 Å². The summed E-state index contributed by atoms with van der Waals surface area (Å²) in [5.74, 6) is 0. The van der Waals surface area contributed by atoms with Crippen molar-refractivity contribution in [2.45, 2.75) is 70.2 Å². The van der Waals surface area contributed by atoms with E-state index in [2.05, 4.69) is 6.92 Å². The van der Waals surface area contributed by atoms with Crippen LogP contribution in [0.15, 0.2) is 0 Å². The highest BCUT2D eigenvalue weighted by molar-refractivity contribution is 7.86. The lowest BCUT2D eigenvalue weighted by Crippen LogP contribution is -2.45. The Labute approximate surface area is 164 Å². The predicted molar refractivity (Wildman–Crippen MR) is 103 cm³/mol. The van der Waals surface area contributed by atoms with Gasteiger partial charge in [-0.3, -0.25) is 12.5 Å². The molecule has 0 spiro atoms. The molecule has 0 heterocycles. The van der Waals surface area contributed by atoms with E-state index >= 15 is 0 Å². The molecule has 0 rings (SSSR count). The van der Waals surface area contributed by atoms with Crippen LogP contribution in [0.5, 0.6) is 0 Å². The Kier molecular flexibility index (Phi) is 11.5. The molecule has 0 amide bonds. The summed E-state index contributed by atoms with van der Waals surface area (Å²) in [5.41, 5.74) is 0. The second-order valence-electron chi connectivity index (χ2n) is 6.43. The average Bonchev–Trinajstić information content (AvgIpc) is 2.46. The molecule has 1 radical (unpaired) electrons. The summed E-state index contributed by atoms with van der Waals surface area (Å²) in [7, 11) is -12.0. The minimum absolute atomic E-state index is 0.153. The second kappa shape index (κ2) is 11.7. The zero-order chi connectivity index (χ0) is 21.3. The van der Waals surface area contributed by atoms with Crippen molar-refractivity contribution in [1.29, 1.82) is 0 Å². The van der Waals surface area contributed by atoms with Crippen LogP contribution in [-0.2, 0) is 42.9 Å². The monoisotopic (exact) mass is 451 g/mol. The smallest absolute Gasteiger partial charge is 0.264 e. The van der Waals surface area contributed by atoms with Crippen LogP contribution in [0.25, 0.3) is 0 Å². The lowest BCUT2D eigenvalue weighted by atomic mass is 10.00. The summed E-state index contributed by atoms with van der Waals surface area (Å²) in [6.45, 7) is 5.60. The van der Waals surface area contributed by atoms with Crippen LogP contribution in [0, 0.1) is 6.92 Å². The summed E-state index contributed by atoms with van der Waals surface area (Å²) in [6, 6.07) is 0. The zero-order valence-electron chi connectivity index (χ0n) is 16.3. The van der Waals surface area contributed by atoms with Crippen molar-refractivity contribution in [3.05, 3.63) is 6.92 Å². The highest BCUT2D eigenvalue weighted by atomic mass is 32.2. The highest BCUT2D eigenvalue weighted by Gasteiger charge is 2.37. The van der Waals surface area contributed by atoms with Crippen LogP contribution in [-0.4, -0.2) is 62.3 Å². The van der Waals surface area contributed by atoms with Gasteiger partial charge in [0.1, 0.15) is 18.3 Å². The molecule has 3 unspecified atom stereocenters. The molecule has 0 saturated carbocycles. The van der Waals surface area contributed by atoms with Crippen molar-refractivity contribution in [2.75, 3.05) is 18.8 Å². The van der Waals surface area contributed by atoms with Crippen molar-refractivity contribution < 1.29 is 37.8 Å². The number of hydrogen-bond donors (Lipinski definition) is 0. The quantitative estimate of drug-likeness (QED) is 0.269. The molecule has 0 aliphatic rings. The van der Waals surface area contributed by atoms with Gasteiger partial charge in [0.15, 0.2) is 0 Å². The van der Waals surface area contributed by atoms with Gasteiger partial charge in [-0.05, 0) is 12.8 Å². The van der Waals surface area contributed by atoms with E-state index in [-0.39, 0.29) is 12.8 Å². The lowest BCUT2D eigenvalue weighted by Gasteiger charge is -2.30. The molecule has 0 N–H and O–H groups in total. The first-order valence-electron chi connectivity index (χ1n) is 8.62. The van der Waals surface area contributed by atoms with Gasteiger partial charge in [-0.25, -0.2) is 0 Å². The number of rotatable bonds is 15. The van der Waals surface area contributed by atoms with Gasteiger partial charge in [0.05, 0.1) is 18.8 Å². The average molecular weight is 452 g/mol. The molecule has 163 valence electrons. The molecular formula is C15H31O9S3. The van der Waals surface area contributed by atoms with E-state index in [1.807, 2.05) is 6.92 Å². The van der Waals surface area contributed by atoms with Gasteiger partial charge >= 0.3 is 0 Å². The predicted octanol–water partition coefficient (Wildman–Crippen LogP) is 1.61. The summed E-state index contributed by atoms with van der Waals surface area (Å²) in [6.07, 6.45) is 2.64. The fourth-order valence-corrected chi connectivity index (χ4v) is 4.46. The van der Waals surface area contributed by atoms with E-state index in [4.69, 9.17) is 12.5 Å². The van der Waals surface area contributed by atoms with Gasteiger partial charge in [-0.15, -0.1) is 0 Å². The third-order valence-corrected chi connectivity index (χ3v) is 5.26. The SMILES string of the molecule is [CH2]CC(OS(C)(=O)=O)C(OS(C)(=O)=O)C(CCCCCCC)OS(C)(=O)=O. The van der Waals surface area contributed by atoms with E-state index in [9.17, 15) is 25.3 Å². The molecule has 9 nitrogen and oxygen atoms in total. The van der Waals surface area contributed by atoms with E-state index < -0.39 is 48.7 Å². The second-order valence-corrected chi connectivity index (χ2v) is 11.2. The van der Waals surface area contributed by atoms with Crippen LogP contribution in [0.4, 0.5) is 0 Å². The van der Waals surface area contributed by atoms with Gasteiger partial charge in [-0.2, -0.15) is 25.3 Å². The Morgan fingerprint density at radius 2 is 1.15 bits per heavy atom. The van der Waals surface area contributed by atoms with E-state index in [0.717, 1.165) is 44.5 Å². The number of hydrogen-bond acceptors (Lipinski definition) is 9. The molecular weight excluding hydrogens is 420 g/mol. The minimum atomic E-state index is -4.05. The van der Waals surface area contributed by atoms with Crippen LogP contribution < -0.4 is 0 Å². The molecule has 27 heavy (non-hydrogen) atoms. The van der Waals surface area contributed by atoms with Crippen molar-refractivity contribution in [3.63, 3.8) is 0 Å². The summed E-state index contributed by atoms with van der Waals surface area (Å²) in [4.78, 5) is 0. The van der Waals surface area contributed by atoms with Crippen LogP contribution in [0.1, 0.15) is 51.9 Å². The molecule has 0 aromatic heterocycles. The summed E-state index contributed by atoms with van der Waals surface area (Å²) >= 11 is 0. The molecule has 0 aliphatic carbocycles. The first-order chi connectivity index (χ1) is 12.2. The fraction of sp³-hybridized carbons (Fsp3) is 0.933. The van der Waals surface area contributed by atoms with Gasteiger partial charge in [-0.1, -0.05) is 46.0 Å². The van der Waals surface area contributed by atoms with Crippen LogP contribution in [0.3, 0.4) is 0 Å². The van der Waals surface area contributed by atoms with Crippen molar-refractivity contribution in [1.82, 2.24) is 0 Å². The molecule has 0 aliphatic heterocycles. The largest absolute Gasteiger partial charge is 0.264 e. The third kappa shape index (κ3) is 14.4. The molecule has 3 atom stereocenters. The van der Waals surface area contributed by atoms with Gasteiger partial charge in [0.25, 0.3) is 30.4 Å². The highest BCUT2D eigenvalue weighted by Crippen LogP contribution is 2.24. The summed E-state index contributed by atoms with van der Waals surface area (Å²) < 4.78 is 84.5. The summed E-state index contributed by atoms with van der Waals surface area (Å²) in [5, 5.41) is 0. The fourth-order valence-electron chi connectivity index (χ4n) is 2.50. The molecule has 0 saturated heterocycles. The Hall–Kier alpha value is -0.270. The van der Waals surface area contributed by atoms with E-state index in [0.29, 0.717) is 6.42 Å². The van der Waals surface area contributed by atoms with Crippen molar-refractivity contribution >= 4 is 30.4 Å². The maximum absolute atomic E-state index is 11.7. The Morgan fingerprint density at radius 1 is 0.704 bits per heavy atom. The third-order valence-electron chi connectivity index (χ3n) is 3.49. The maximum Gasteiger partial charge on any atom is 0.264 e. The zero-order valence-corrected chi connectivity index (χ0v) is 18.7. The minimum Gasteiger partial charge on any atom is -0.264 e. The molecule has 0 aromatic carbocycles. The number of unbranched alkanes of at least 4 members (excludes halogenated alkanes) is 4. The van der Waals surface area contributed by atoms with E-state index in [1.165, 1.54) is 0 Å². The first kappa shape index (κ1) is 26.7. The Morgan fingerprint density at radius 3 is 1.56 bits per heavy atom. The first-order valence-corrected chi connectivity index (χ1v) is 14.1. The standard InChI is InChI=1S/C15H31O9S3/c1-6-8-9-10-11-12-14(23-26(4,18)19)15(24-27(5,20)21)13(7-2)22-25(3,16)17/h13-15H,2,6-12H2,1,3-5H3. The molecule has 12 heteroatoms. The van der Waals surface area contributed by atoms with Crippen molar-refractivity contribution in [2.24, 2.45) is 0 Å². The van der Waals surface area contributed by atoms with Gasteiger partial charge in [0, 0.05) is 0 Å². The molecule has 0 fully saturated rings. The topological polar surface area (TPSA) is 130 Å². The Balaban J connectivity index is 5.64. The maximum atomic E-state index is 11.7. The van der Waals surface area contributed by atoms with Gasteiger partial charge < -0.3 is 0 Å². The lowest BCUT2D eigenvalue weighted by molar-refractivity contribution is -0.0157. The van der Waals surface area contributed by atoms with Crippen LogP contribution >= 0.6 is 0 Å². The Bertz CT molecular complexity index is 726. The molecule has 0 aromatic rings. The van der Waals surface area contributed by atoms with E-state index in [1.54, 1.807) is 0 Å². The van der Waals surface area contributed by atoms with Crippen molar-refractivity contribution in [3.8, 4) is 0 Å². The molecule has 0 bridgehead atoms.